The molecule has 1 fully saturated rings. The molecule has 0 unspecified atom stereocenters. The zero-order valence-electron chi connectivity index (χ0n) is 15.5. The molecule has 4 N–H and O–H groups in total. The van der Waals surface area contributed by atoms with Gasteiger partial charge in [0, 0.05) is 6.42 Å². The lowest BCUT2D eigenvalue weighted by Gasteiger charge is -2.26. The normalized spacial score (nSPS) is 24.1. The number of cyclic esters (lactones) is 1. The maximum absolute atomic E-state index is 12.6. The maximum atomic E-state index is 12.6. The van der Waals surface area contributed by atoms with Crippen molar-refractivity contribution in [3.8, 4) is 23.0 Å². The molecular weight excluding hydrogens is 368 g/mol. The van der Waals surface area contributed by atoms with Crippen LogP contribution in [0.1, 0.15) is 17.2 Å². The molecule has 3 atom stereocenters. The van der Waals surface area contributed by atoms with Crippen LogP contribution in [-0.4, -0.2) is 52.8 Å². The van der Waals surface area contributed by atoms with Gasteiger partial charge in [-0.15, -0.1) is 0 Å². The van der Waals surface area contributed by atoms with Gasteiger partial charge in [-0.3, -0.25) is 0 Å². The van der Waals surface area contributed by atoms with E-state index in [1.54, 1.807) is 6.07 Å². The molecule has 28 heavy (non-hydrogen) atoms. The summed E-state index contributed by atoms with van der Waals surface area (Å²) >= 11 is 0. The van der Waals surface area contributed by atoms with Crippen LogP contribution < -0.4 is 9.47 Å². The predicted molar refractivity (Wildman–Crippen MR) is 97.4 cm³/mol. The van der Waals surface area contributed by atoms with Crippen molar-refractivity contribution >= 4 is 5.97 Å². The summed E-state index contributed by atoms with van der Waals surface area (Å²) in [6.07, 6.45) is -1.06. The smallest absolute Gasteiger partial charge is 0.339 e. The highest BCUT2D eigenvalue weighted by molar-refractivity contribution is 5.83. The number of phenols is 2. The summed E-state index contributed by atoms with van der Waals surface area (Å²) in [5.74, 6) is -1.58. The number of esters is 1. The molecule has 3 rings (SSSR count). The van der Waals surface area contributed by atoms with E-state index in [0.29, 0.717) is 11.1 Å². The van der Waals surface area contributed by atoms with Crippen molar-refractivity contribution < 1.29 is 39.4 Å². The van der Waals surface area contributed by atoms with E-state index in [2.05, 4.69) is 0 Å². The number of aliphatic hydroxyl groups is 2. The van der Waals surface area contributed by atoms with Gasteiger partial charge in [0.2, 0.25) is 0 Å². The second kappa shape index (κ2) is 7.57. The Balaban J connectivity index is 1.94. The Kier molecular flexibility index (Phi) is 5.35. The fraction of sp³-hybridized carbons (Fsp3) is 0.350. The van der Waals surface area contributed by atoms with E-state index in [0.717, 1.165) is 0 Å². The summed E-state index contributed by atoms with van der Waals surface area (Å²) in [6.45, 7) is -0.509. The van der Waals surface area contributed by atoms with Gasteiger partial charge >= 0.3 is 5.97 Å². The van der Waals surface area contributed by atoms with Crippen molar-refractivity contribution in [1.82, 2.24) is 0 Å². The van der Waals surface area contributed by atoms with Crippen molar-refractivity contribution in [3.05, 3.63) is 47.5 Å². The summed E-state index contributed by atoms with van der Waals surface area (Å²) in [5, 5.41) is 40.5. The molecule has 0 saturated carbocycles. The molecule has 1 aliphatic heterocycles. The largest absolute Gasteiger partial charge is 0.504 e. The van der Waals surface area contributed by atoms with Gasteiger partial charge in [0.1, 0.15) is 6.10 Å². The Morgan fingerprint density at radius 2 is 1.64 bits per heavy atom. The number of methoxy groups -OCH3 is 2. The van der Waals surface area contributed by atoms with Crippen molar-refractivity contribution in [2.45, 2.75) is 18.1 Å². The van der Waals surface area contributed by atoms with Crippen LogP contribution >= 0.6 is 0 Å². The molecule has 0 aliphatic carbocycles. The molecule has 0 amide bonds. The van der Waals surface area contributed by atoms with E-state index in [-0.39, 0.29) is 29.4 Å². The van der Waals surface area contributed by atoms with Crippen molar-refractivity contribution in [2.24, 2.45) is 5.92 Å². The average molecular weight is 390 g/mol. The second-order valence-corrected chi connectivity index (χ2v) is 6.65. The molecule has 8 heteroatoms. The van der Waals surface area contributed by atoms with Crippen LogP contribution in [0.3, 0.4) is 0 Å². The Labute approximate surface area is 161 Å². The predicted octanol–water partition coefficient (Wildman–Crippen LogP) is 1.30. The first kappa shape index (κ1) is 19.8. The van der Waals surface area contributed by atoms with Crippen molar-refractivity contribution in [1.29, 1.82) is 0 Å². The van der Waals surface area contributed by atoms with Crippen LogP contribution in [0.15, 0.2) is 36.4 Å². The Hall–Kier alpha value is -2.97. The van der Waals surface area contributed by atoms with Gasteiger partial charge < -0.3 is 34.6 Å². The first-order valence-electron chi connectivity index (χ1n) is 8.61. The number of rotatable bonds is 6. The quantitative estimate of drug-likeness (QED) is 0.544. The average Bonchev–Trinajstić information content (AvgIpc) is 2.93. The number of carbonyl (C=O) groups excluding carboxylic acids is 1. The highest BCUT2D eigenvalue weighted by Gasteiger charge is 2.56. The van der Waals surface area contributed by atoms with Gasteiger partial charge in [-0.2, -0.15) is 0 Å². The second-order valence-electron chi connectivity index (χ2n) is 6.65. The van der Waals surface area contributed by atoms with Gasteiger partial charge in [-0.05, 0) is 35.4 Å². The zero-order chi connectivity index (χ0) is 20.5. The topological polar surface area (TPSA) is 126 Å². The summed E-state index contributed by atoms with van der Waals surface area (Å²) in [7, 11) is 2.78. The van der Waals surface area contributed by atoms with Gasteiger partial charge in [0.15, 0.2) is 28.6 Å². The molecular formula is C20H22O8. The van der Waals surface area contributed by atoms with Crippen LogP contribution in [0.4, 0.5) is 0 Å². The molecule has 1 saturated heterocycles. The SMILES string of the molecule is COc1cc(C[C@@]2(O)C(=O)O[C@@H](c3ccc(O)c(OC)c3)[C@@H]2CO)ccc1O. The third kappa shape index (κ3) is 3.32. The number of ether oxygens (including phenoxy) is 3. The molecule has 8 nitrogen and oxygen atoms in total. The minimum atomic E-state index is -1.98. The van der Waals surface area contributed by atoms with Crippen LogP contribution in [0.25, 0.3) is 0 Å². The minimum absolute atomic E-state index is 0.0694. The lowest BCUT2D eigenvalue weighted by atomic mass is 9.80. The highest BCUT2D eigenvalue weighted by atomic mass is 16.6. The van der Waals surface area contributed by atoms with Gasteiger partial charge in [-0.25, -0.2) is 4.79 Å². The van der Waals surface area contributed by atoms with Crippen LogP contribution in [-0.2, 0) is 16.0 Å². The highest BCUT2D eigenvalue weighted by Crippen LogP contribution is 2.45. The Bertz CT molecular complexity index is 881. The van der Waals surface area contributed by atoms with Gasteiger partial charge in [0.25, 0.3) is 0 Å². The van der Waals surface area contributed by atoms with E-state index in [9.17, 15) is 25.2 Å². The van der Waals surface area contributed by atoms with Crippen LogP contribution in [0.2, 0.25) is 0 Å². The number of hydrogen-bond acceptors (Lipinski definition) is 8. The monoisotopic (exact) mass is 390 g/mol. The summed E-state index contributed by atoms with van der Waals surface area (Å²) in [4.78, 5) is 12.6. The number of aliphatic hydroxyl groups excluding tert-OH is 1. The molecule has 0 radical (unpaired) electrons. The number of benzene rings is 2. The molecule has 1 aliphatic rings. The van der Waals surface area contributed by atoms with Gasteiger partial charge in [0.05, 0.1) is 26.7 Å². The molecule has 0 aromatic heterocycles. The molecule has 0 spiro atoms. The number of carbonyl (C=O) groups is 1. The first-order valence-corrected chi connectivity index (χ1v) is 8.61. The van der Waals surface area contributed by atoms with Crippen molar-refractivity contribution in [2.75, 3.05) is 20.8 Å². The third-order valence-corrected chi connectivity index (χ3v) is 5.01. The molecule has 2 aromatic rings. The molecule has 150 valence electrons. The fourth-order valence-electron chi connectivity index (χ4n) is 3.47. The summed E-state index contributed by atoms with van der Waals surface area (Å²) in [6, 6.07) is 8.87. The maximum Gasteiger partial charge on any atom is 0.339 e. The molecule has 2 aromatic carbocycles. The lowest BCUT2D eigenvalue weighted by Crippen LogP contribution is -2.45. The van der Waals surface area contributed by atoms with E-state index >= 15 is 0 Å². The van der Waals surface area contributed by atoms with Crippen LogP contribution in [0, 0.1) is 5.92 Å². The summed E-state index contributed by atoms with van der Waals surface area (Å²) < 4.78 is 15.5. The Morgan fingerprint density at radius 3 is 2.25 bits per heavy atom. The molecule has 0 bridgehead atoms. The van der Waals surface area contributed by atoms with Crippen molar-refractivity contribution in [3.63, 3.8) is 0 Å². The minimum Gasteiger partial charge on any atom is -0.504 e. The number of phenolic OH excluding ortho intramolecular Hbond substituents is 2. The fourth-order valence-corrected chi connectivity index (χ4v) is 3.47. The van der Waals surface area contributed by atoms with E-state index in [4.69, 9.17) is 14.2 Å². The number of hydrogen-bond donors (Lipinski definition) is 4. The Morgan fingerprint density at radius 1 is 1.04 bits per heavy atom. The number of aromatic hydroxyl groups is 2. The van der Waals surface area contributed by atoms with E-state index in [1.165, 1.54) is 44.6 Å². The van der Waals surface area contributed by atoms with Crippen LogP contribution in [0.5, 0.6) is 23.0 Å². The zero-order valence-corrected chi connectivity index (χ0v) is 15.5. The van der Waals surface area contributed by atoms with E-state index in [1.807, 2.05) is 0 Å². The first-order chi connectivity index (χ1) is 13.3. The standard InChI is InChI=1S/C20H22O8/c1-26-16-7-11(3-5-14(16)22)9-20(25)13(10-21)18(28-19(20)24)12-4-6-15(23)17(8-12)27-2/h3-8,13,18,21-23,25H,9-10H2,1-2H3/t13-,18-,20-/m0/s1. The summed E-state index contributed by atoms with van der Waals surface area (Å²) in [5.41, 5.74) is -0.982. The lowest BCUT2D eigenvalue weighted by molar-refractivity contribution is -0.156. The third-order valence-electron chi connectivity index (χ3n) is 5.01. The van der Waals surface area contributed by atoms with Gasteiger partial charge in [-0.1, -0.05) is 12.1 Å². The van der Waals surface area contributed by atoms with E-state index < -0.39 is 30.2 Å². The molecule has 1 heterocycles.